The van der Waals surface area contributed by atoms with Crippen molar-refractivity contribution in [2.75, 3.05) is 50.7 Å². The Morgan fingerprint density at radius 1 is 1.04 bits per heavy atom. The molecule has 2 aliphatic heterocycles. The van der Waals surface area contributed by atoms with E-state index in [0.717, 1.165) is 37.8 Å². The average Bonchev–Trinajstić information content (AvgIpc) is 2.59. The highest BCUT2D eigenvalue weighted by Crippen LogP contribution is 2.32. The Balaban J connectivity index is 1.40. The van der Waals surface area contributed by atoms with Gasteiger partial charge in [0, 0.05) is 26.2 Å². The van der Waals surface area contributed by atoms with Gasteiger partial charge in [0.2, 0.25) is 0 Å². The van der Waals surface area contributed by atoms with Crippen LogP contribution in [0, 0.1) is 5.92 Å². The lowest BCUT2D eigenvalue weighted by Gasteiger charge is -2.36. The minimum atomic E-state index is 0.647. The van der Waals surface area contributed by atoms with E-state index in [0.29, 0.717) is 10.0 Å². The average molecular weight is 356 g/mol. The lowest BCUT2D eigenvalue weighted by atomic mass is 9.93. The molecule has 0 bridgehead atoms. The summed E-state index contributed by atoms with van der Waals surface area (Å²) in [5.74, 6) is 0.947. The molecule has 1 N–H and O–H groups in total. The standard InChI is InChI=1S/C18H27Cl2N3/c19-16-4-1-5-17(18(16)20)23-13-11-22(12-14-23)10-2-3-15-6-8-21-9-7-15/h1,4-5,15,21H,2-3,6-14H2. The molecule has 0 unspecified atom stereocenters. The van der Waals surface area contributed by atoms with Crippen LogP contribution in [0.4, 0.5) is 5.69 Å². The SMILES string of the molecule is Clc1cccc(N2CCN(CCCC3CCNCC3)CC2)c1Cl. The van der Waals surface area contributed by atoms with Crippen molar-refractivity contribution in [3.63, 3.8) is 0 Å². The van der Waals surface area contributed by atoms with Gasteiger partial charge in [-0.05, 0) is 63.4 Å². The topological polar surface area (TPSA) is 18.5 Å². The van der Waals surface area contributed by atoms with Crippen molar-refractivity contribution in [3.8, 4) is 0 Å². The first kappa shape index (κ1) is 17.3. The molecule has 0 atom stereocenters. The third-order valence-corrected chi connectivity index (χ3v) is 6.00. The Labute approximate surface area is 149 Å². The van der Waals surface area contributed by atoms with E-state index >= 15 is 0 Å². The van der Waals surface area contributed by atoms with Crippen LogP contribution >= 0.6 is 23.2 Å². The van der Waals surface area contributed by atoms with E-state index in [1.165, 1.54) is 45.3 Å². The van der Waals surface area contributed by atoms with Gasteiger partial charge in [-0.3, -0.25) is 4.90 Å². The van der Waals surface area contributed by atoms with Gasteiger partial charge in [0.1, 0.15) is 0 Å². The van der Waals surface area contributed by atoms with Crippen LogP contribution in [0.2, 0.25) is 10.0 Å². The molecule has 0 amide bonds. The molecule has 0 saturated carbocycles. The van der Waals surface area contributed by atoms with E-state index in [1.807, 2.05) is 12.1 Å². The highest BCUT2D eigenvalue weighted by Gasteiger charge is 2.20. The molecule has 128 valence electrons. The normalized spacial score (nSPS) is 20.9. The molecule has 0 radical (unpaired) electrons. The number of halogens is 2. The van der Waals surface area contributed by atoms with Crippen LogP contribution in [0.15, 0.2) is 18.2 Å². The van der Waals surface area contributed by atoms with Gasteiger partial charge in [0.05, 0.1) is 15.7 Å². The monoisotopic (exact) mass is 355 g/mol. The Bertz CT molecular complexity index is 495. The van der Waals surface area contributed by atoms with Gasteiger partial charge in [-0.1, -0.05) is 29.3 Å². The molecule has 2 saturated heterocycles. The maximum Gasteiger partial charge on any atom is 0.0825 e. The van der Waals surface area contributed by atoms with Crippen LogP contribution in [-0.2, 0) is 0 Å². The third-order valence-electron chi connectivity index (χ3n) is 5.19. The van der Waals surface area contributed by atoms with E-state index in [9.17, 15) is 0 Å². The van der Waals surface area contributed by atoms with Crippen molar-refractivity contribution < 1.29 is 0 Å². The van der Waals surface area contributed by atoms with Crippen LogP contribution in [0.1, 0.15) is 25.7 Å². The van der Waals surface area contributed by atoms with Gasteiger partial charge >= 0.3 is 0 Å². The zero-order chi connectivity index (χ0) is 16.1. The first-order valence-corrected chi connectivity index (χ1v) is 9.61. The molecular formula is C18H27Cl2N3. The lowest BCUT2D eigenvalue weighted by molar-refractivity contribution is 0.239. The number of piperidine rings is 1. The summed E-state index contributed by atoms with van der Waals surface area (Å²) >= 11 is 12.5. The number of anilines is 1. The summed E-state index contributed by atoms with van der Waals surface area (Å²) in [5, 5.41) is 4.78. The largest absolute Gasteiger partial charge is 0.368 e. The summed E-state index contributed by atoms with van der Waals surface area (Å²) in [7, 11) is 0. The van der Waals surface area contributed by atoms with Crippen molar-refractivity contribution in [2.24, 2.45) is 5.92 Å². The highest BCUT2D eigenvalue weighted by atomic mass is 35.5. The molecule has 3 nitrogen and oxygen atoms in total. The smallest absolute Gasteiger partial charge is 0.0825 e. The van der Waals surface area contributed by atoms with Crippen molar-refractivity contribution in [1.29, 1.82) is 0 Å². The molecule has 1 aromatic rings. The second-order valence-corrected chi connectivity index (χ2v) is 7.52. The van der Waals surface area contributed by atoms with Crippen LogP contribution < -0.4 is 10.2 Å². The molecule has 2 fully saturated rings. The van der Waals surface area contributed by atoms with Crippen LogP contribution in [0.3, 0.4) is 0 Å². The van der Waals surface area contributed by atoms with Gasteiger partial charge in [0.15, 0.2) is 0 Å². The summed E-state index contributed by atoms with van der Waals surface area (Å²) in [6, 6.07) is 5.90. The number of nitrogens with zero attached hydrogens (tertiary/aromatic N) is 2. The highest BCUT2D eigenvalue weighted by molar-refractivity contribution is 6.43. The molecule has 2 heterocycles. The van der Waals surface area contributed by atoms with E-state index in [1.54, 1.807) is 0 Å². The molecule has 0 aliphatic carbocycles. The molecule has 5 heteroatoms. The van der Waals surface area contributed by atoms with Gasteiger partial charge in [-0.2, -0.15) is 0 Å². The minimum Gasteiger partial charge on any atom is -0.368 e. The predicted octanol–water partition coefficient (Wildman–Crippen LogP) is 3.90. The number of benzene rings is 1. The number of hydrogen-bond donors (Lipinski definition) is 1. The van der Waals surface area contributed by atoms with E-state index in [2.05, 4.69) is 21.2 Å². The van der Waals surface area contributed by atoms with Crippen LogP contribution in [-0.4, -0.2) is 50.7 Å². The van der Waals surface area contributed by atoms with Crippen molar-refractivity contribution in [1.82, 2.24) is 10.2 Å². The second kappa shape index (κ2) is 8.57. The molecule has 1 aromatic carbocycles. The van der Waals surface area contributed by atoms with E-state index in [-0.39, 0.29) is 0 Å². The van der Waals surface area contributed by atoms with E-state index < -0.39 is 0 Å². The third kappa shape index (κ3) is 4.76. The molecule has 0 spiro atoms. The maximum atomic E-state index is 6.34. The van der Waals surface area contributed by atoms with Gasteiger partial charge in [0.25, 0.3) is 0 Å². The number of hydrogen-bond acceptors (Lipinski definition) is 3. The first-order valence-electron chi connectivity index (χ1n) is 8.86. The maximum absolute atomic E-state index is 6.34. The summed E-state index contributed by atoms with van der Waals surface area (Å²) in [5.41, 5.74) is 1.08. The van der Waals surface area contributed by atoms with Crippen molar-refractivity contribution in [2.45, 2.75) is 25.7 Å². The second-order valence-electron chi connectivity index (χ2n) is 6.74. The molecule has 23 heavy (non-hydrogen) atoms. The zero-order valence-corrected chi connectivity index (χ0v) is 15.2. The molecule has 3 rings (SSSR count). The number of nitrogens with one attached hydrogen (secondary N) is 1. The van der Waals surface area contributed by atoms with Gasteiger partial charge in [-0.25, -0.2) is 0 Å². The van der Waals surface area contributed by atoms with Crippen molar-refractivity contribution in [3.05, 3.63) is 28.2 Å². The summed E-state index contributed by atoms with van der Waals surface area (Å²) < 4.78 is 0. The number of rotatable bonds is 5. The summed E-state index contributed by atoms with van der Waals surface area (Å²) in [4.78, 5) is 4.95. The molecule has 2 aliphatic rings. The Morgan fingerprint density at radius 3 is 2.52 bits per heavy atom. The predicted molar refractivity (Wildman–Crippen MR) is 99.9 cm³/mol. The summed E-state index contributed by atoms with van der Waals surface area (Å²) in [6.45, 7) is 7.97. The lowest BCUT2D eigenvalue weighted by Crippen LogP contribution is -2.46. The molecular weight excluding hydrogens is 329 g/mol. The Kier molecular flexibility index (Phi) is 6.46. The van der Waals surface area contributed by atoms with E-state index in [4.69, 9.17) is 23.2 Å². The van der Waals surface area contributed by atoms with Gasteiger partial charge in [-0.15, -0.1) is 0 Å². The zero-order valence-electron chi connectivity index (χ0n) is 13.7. The fourth-order valence-electron chi connectivity index (χ4n) is 3.72. The fourth-order valence-corrected chi connectivity index (χ4v) is 4.14. The Morgan fingerprint density at radius 2 is 1.78 bits per heavy atom. The van der Waals surface area contributed by atoms with Crippen LogP contribution in [0.5, 0.6) is 0 Å². The fraction of sp³-hybridized carbons (Fsp3) is 0.667. The minimum absolute atomic E-state index is 0.647. The van der Waals surface area contributed by atoms with Crippen LogP contribution in [0.25, 0.3) is 0 Å². The Hall–Kier alpha value is -0.480. The quantitative estimate of drug-likeness (QED) is 0.863. The first-order chi connectivity index (χ1) is 11.2. The van der Waals surface area contributed by atoms with Crippen molar-refractivity contribution >= 4 is 28.9 Å². The molecule has 0 aromatic heterocycles. The summed E-state index contributed by atoms with van der Waals surface area (Å²) in [6.07, 6.45) is 5.45. The van der Waals surface area contributed by atoms with Gasteiger partial charge < -0.3 is 10.2 Å². The number of piperazine rings is 1.